The molecule has 3 rings (SSSR count). The molecule has 1 unspecified atom stereocenters. The third kappa shape index (κ3) is 2.87. The average molecular weight is 311 g/mol. The Kier molecular flexibility index (Phi) is 4.62. The zero-order chi connectivity index (χ0) is 14.8. The zero-order valence-electron chi connectivity index (χ0n) is 12.5. The summed E-state index contributed by atoms with van der Waals surface area (Å²) in [5.74, 6) is 0.149. The number of carbonyl (C=O) groups is 1. The Bertz CT molecular complexity index is 510. The van der Waals surface area contributed by atoms with Crippen LogP contribution in [-0.2, 0) is 6.54 Å². The minimum atomic E-state index is -0.0207. The Morgan fingerprint density at radius 3 is 2.90 bits per heavy atom. The molecule has 0 bridgehead atoms. The molecule has 116 valence electrons. The molecule has 2 fully saturated rings. The molecule has 0 saturated carbocycles. The summed E-state index contributed by atoms with van der Waals surface area (Å²) in [5, 5.41) is 8.08. The van der Waals surface area contributed by atoms with Gasteiger partial charge < -0.3 is 5.32 Å². The predicted molar refractivity (Wildman–Crippen MR) is 82.9 cm³/mol. The summed E-state index contributed by atoms with van der Waals surface area (Å²) in [6.07, 6.45) is 5.88. The normalized spacial score (nSPS) is 24.6. The summed E-state index contributed by atoms with van der Waals surface area (Å²) < 4.78 is 1.73. The highest BCUT2D eigenvalue weighted by Crippen LogP contribution is 2.28. The molecule has 21 heavy (non-hydrogen) atoms. The number of halogens is 1. The van der Waals surface area contributed by atoms with Gasteiger partial charge in [0.05, 0.1) is 17.3 Å². The van der Waals surface area contributed by atoms with Crippen LogP contribution < -0.4 is 5.32 Å². The van der Waals surface area contributed by atoms with E-state index in [0.717, 1.165) is 45.3 Å². The molecule has 1 aromatic rings. The van der Waals surface area contributed by atoms with Gasteiger partial charge in [0.2, 0.25) is 0 Å². The number of nitrogens with one attached hydrogen (secondary N) is 1. The second kappa shape index (κ2) is 6.46. The minimum Gasteiger partial charge on any atom is -0.317 e. The van der Waals surface area contributed by atoms with Gasteiger partial charge in [-0.2, -0.15) is 5.10 Å². The first-order valence-electron chi connectivity index (χ1n) is 7.94. The molecule has 0 radical (unpaired) electrons. The van der Waals surface area contributed by atoms with Gasteiger partial charge >= 0.3 is 0 Å². The summed E-state index contributed by atoms with van der Waals surface area (Å²) in [6, 6.07) is 0.507. The molecule has 6 heteroatoms. The fourth-order valence-corrected chi connectivity index (χ4v) is 3.89. The van der Waals surface area contributed by atoms with E-state index in [2.05, 4.69) is 15.3 Å². The van der Waals surface area contributed by atoms with Crippen molar-refractivity contribution in [2.75, 3.05) is 19.6 Å². The lowest BCUT2D eigenvalue weighted by Crippen LogP contribution is -2.48. The first-order chi connectivity index (χ1) is 10.2. The number of nitrogens with zero attached hydrogens (tertiary/aromatic N) is 3. The van der Waals surface area contributed by atoms with E-state index < -0.39 is 0 Å². The van der Waals surface area contributed by atoms with Gasteiger partial charge in [0.15, 0.2) is 5.78 Å². The van der Waals surface area contributed by atoms with Crippen molar-refractivity contribution in [3.8, 4) is 0 Å². The number of rotatable bonds is 4. The molecule has 1 atom stereocenters. The standard InChI is InChI=1S/C15H23ClN4O/c1-2-20-14(12(16)10-18-20)15(21)13-4-3-9-19(13)11-5-7-17-8-6-11/h10-11,13,17H,2-9H2,1H3. The molecule has 0 aliphatic carbocycles. The van der Waals surface area contributed by atoms with Crippen LogP contribution in [-0.4, -0.2) is 52.2 Å². The van der Waals surface area contributed by atoms with Gasteiger partial charge in [0.1, 0.15) is 5.69 Å². The summed E-state index contributed by atoms with van der Waals surface area (Å²) >= 11 is 6.20. The fourth-order valence-electron chi connectivity index (χ4n) is 3.65. The molecular weight excluding hydrogens is 288 g/mol. The lowest BCUT2D eigenvalue weighted by molar-refractivity contribution is 0.0773. The summed E-state index contributed by atoms with van der Waals surface area (Å²) in [4.78, 5) is 15.4. The first kappa shape index (κ1) is 15.0. The Morgan fingerprint density at radius 1 is 1.43 bits per heavy atom. The monoisotopic (exact) mass is 310 g/mol. The lowest BCUT2D eigenvalue weighted by atomic mass is 10.0. The lowest BCUT2D eigenvalue weighted by Gasteiger charge is -2.35. The van der Waals surface area contributed by atoms with E-state index in [-0.39, 0.29) is 11.8 Å². The Balaban J connectivity index is 1.81. The third-order valence-corrected chi connectivity index (χ3v) is 4.98. The third-order valence-electron chi connectivity index (χ3n) is 4.70. The van der Waals surface area contributed by atoms with Crippen LogP contribution in [0.1, 0.15) is 43.1 Å². The van der Waals surface area contributed by atoms with Gasteiger partial charge in [-0.15, -0.1) is 0 Å². The van der Waals surface area contributed by atoms with E-state index in [1.165, 1.54) is 0 Å². The van der Waals surface area contributed by atoms with Gasteiger partial charge in [0, 0.05) is 12.6 Å². The van der Waals surface area contributed by atoms with Gasteiger partial charge in [-0.25, -0.2) is 0 Å². The topological polar surface area (TPSA) is 50.2 Å². The SMILES string of the molecule is CCn1ncc(Cl)c1C(=O)C1CCCN1C1CCNCC1. The molecule has 2 aliphatic heterocycles. The Hall–Kier alpha value is -0.910. The van der Waals surface area contributed by atoms with Gasteiger partial charge in [-0.1, -0.05) is 11.6 Å². The number of likely N-dealkylation sites (tertiary alicyclic amines) is 1. The van der Waals surface area contributed by atoms with E-state index in [1.54, 1.807) is 10.9 Å². The zero-order valence-corrected chi connectivity index (χ0v) is 13.3. The molecule has 2 aliphatic rings. The number of Topliss-reactive ketones (excluding diaryl/α,β-unsaturated/α-hetero) is 1. The first-order valence-corrected chi connectivity index (χ1v) is 8.32. The van der Waals surface area contributed by atoms with E-state index >= 15 is 0 Å². The smallest absolute Gasteiger partial charge is 0.199 e. The van der Waals surface area contributed by atoms with Crippen LogP contribution in [0.4, 0.5) is 0 Å². The van der Waals surface area contributed by atoms with Crippen LogP contribution in [0.25, 0.3) is 0 Å². The second-order valence-electron chi connectivity index (χ2n) is 5.90. The van der Waals surface area contributed by atoms with Crippen molar-refractivity contribution in [3.05, 3.63) is 16.9 Å². The van der Waals surface area contributed by atoms with Crippen LogP contribution in [0.2, 0.25) is 5.02 Å². The molecule has 0 amide bonds. The highest BCUT2D eigenvalue weighted by molar-refractivity contribution is 6.33. The number of hydrogen-bond acceptors (Lipinski definition) is 4. The van der Waals surface area contributed by atoms with Crippen molar-refractivity contribution in [3.63, 3.8) is 0 Å². The van der Waals surface area contributed by atoms with Crippen molar-refractivity contribution in [1.29, 1.82) is 0 Å². The van der Waals surface area contributed by atoms with Crippen LogP contribution in [0, 0.1) is 0 Å². The van der Waals surface area contributed by atoms with Crippen molar-refractivity contribution in [1.82, 2.24) is 20.0 Å². The highest BCUT2D eigenvalue weighted by Gasteiger charge is 2.37. The highest BCUT2D eigenvalue weighted by atomic mass is 35.5. The van der Waals surface area contributed by atoms with Crippen LogP contribution >= 0.6 is 11.6 Å². The maximum Gasteiger partial charge on any atom is 0.199 e. The number of ketones is 1. The van der Waals surface area contributed by atoms with Crippen LogP contribution in [0.5, 0.6) is 0 Å². The maximum atomic E-state index is 13.0. The van der Waals surface area contributed by atoms with Crippen molar-refractivity contribution < 1.29 is 4.79 Å². The van der Waals surface area contributed by atoms with Crippen LogP contribution in [0.15, 0.2) is 6.20 Å². The molecule has 3 heterocycles. The number of carbonyl (C=O) groups excluding carboxylic acids is 1. The van der Waals surface area contributed by atoms with Crippen molar-refractivity contribution >= 4 is 17.4 Å². The maximum absolute atomic E-state index is 13.0. The largest absolute Gasteiger partial charge is 0.317 e. The van der Waals surface area contributed by atoms with Crippen LogP contribution in [0.3, 0.4) is 0 Å². The number of aromatic nitrogens is 2. The van der Waals surface area contributed by atoms with E-state index in [4.69, 9.17) is 11.6 Å². The number of aryl methyl sites for hydroxylation is 1. The second-order valence-corrected chi connectivity index (χ2v) is 6.31. The Morgan fingerprint density at radius 2 is 2.19 bits per heavy atom. The van der Waals surface area contributed by atoms with Gasteiger partial charge in [-0.3, -0.25) is 14.4 Å². The predicted octanol–water partition coefficient (Wildman–Crippen LogP) is 1.96. The molecule has 0 spiro atoms. The van der Waals surface area contributed by atoms with E-state index in [9.17, 15) is 4.79 Å². The average Bonchev–Trinajstić information content (AvgIpc) is 3.14. The molecule has 5 nitrogen and oxygen atoms in total. The summed E-state index contributed by atoms with van der Waals surface area (Å²) in [5.41, 5.74) is 0.588. The number of hydrogen-bond donors (Lipinski definition) is 1. The molecular formula is C15H23ClN4O. The van der Waals surface area contributed by atoms with E-state index in [1.807, 2.05) is 6.92 Å². The number of piperidine rings is 1. The molecule has 2 saturated heterocycles. The fraction of sp³-hybridized carbons (Fsp3) is 0.733. The Labute approximate surface area is 130 Å². The molecule has 1 N–H and O–H groups in total. The summed E-state index contributed by atoms with van der Waals surface area (Å²) in [6.45, 7) is 5.79. The summed E-state index contributed by atoms with van der Waals surface area (Å²) in [7, 11) is 0. The van der Waals surface area contributed by atoms with Gasteiger partial charge in [-0.05, 0) is 52.2 Å². The quantitative estimate of drug-likeness (QED) is 0.864. The minimum absolute atomic E-state index is 0.0207. The molecule has 1 aromatic heterocycles. The van der Waals surface area contributed by atoms with Crippen molar-refractivity contribution in [2.45, 2.75) is 51.2 Å². The van der Waals surface area contributed by atoms with Crippen molar-refractivity contribution in [2.24, 2.45) is 0 Å². The van der Waals surface area contributed by atoms with Gasteiger partial charge in [0.25, 0.3) is 0 Å². The van der Waals surface area contributed by atoms with E-state index in [0.29, 0.717) is 23.3 Å². The molecule has 0 aromatic carbocycles.